The van der Waals surface area contributed by atoms with Gasteiger partial charge in [0.15, 0.2) is 0 Å². The zero-order chi connectivity index (χ0) is 24.9. The van der Waals surface area contributed by atoms with Gasteiger partial charge in [0.1, 0.15) is 8.07 Å². The van der Waals surface area contributed by atoms with E-state index in [9.17, 15) is 0 Å². The van der Waals surface area contributed by atoms with Gasteiger partial charge in [-0.05, 0) is 41.5 Å². The largest absolute Gasteiger partial charge is 4.00 e. The zero-order valence-electron chi connectivity index (χ0n) is 23.7. The van der Waals surface area contributed by atoms with E-state index in [4.69, 9.17) is 0 Å². The summed E-state index contributed by atoms with van der Waals surface area (Å²) in [5.74, 6) is 0. The molecule has 0 aliphatic heterocycles. The van der Waals surface area contributed by atoms with Crippen molar-refractivity contribution in [3.63, 3.8) is 0 Å². The number of aryl methyl sites for hydroxylation is 7. The second-order valence-corrected chi connectivity index (χ2v) is 14.4. The van der Waals surface area contributed by atoms with Crippen LogP contribution < -0.4 is 58.0 Å². The van der Waals surface area contributed by atoms with Gasteiger partial charge >= 0.3 is 21.7 Å². The van der Waals surface area contributed by atoms with Crippen LogP contribution in [0.1, 0.15) is 38.9 Å². The van der Waals surface area contributed by atoms with E-state index in [0.717, 1.165) is 0 Å². The van der Waals surface area contributed by atoms with Gasteiger partial charge in [-0.3, -0.25) is 0 Å². The Hall–Kier alpha value is -1.71. The van der Waals surface area contributed by atoms with Crippen molar-refractivity contribution < 1.29 is 58.9 Å². The van der Waals surface area contributed by atoms with E-state index in [1.165, 1.54) is 70.5 Å². The minimum Gasteiger partial charge on any atom is -1.00 e. The standard InChI is InChI=1S/C34H35Si.3ClH.Ti/c1-22-12-23(2)16-30(15-22)35(31-17-24(3)13-25(4)18-31,32-19-26(5)14-27(6)20-32)34-28(7)21-29-10-8-9-11-33(29)34;;;;/h8-21H,1-7H3;3*1H;/q-1;;;;+4/p-3. The maximum absolute atomic E-state index is 2.65. The predicted octanol–water partition coefficient (Wildman–Crippen LogP) is -2.90. The molecule has 0 amide bonds. The second-order valence-electron chi connectivity index (χ2n) is 10.7. The van der Waals surface area contributed by atoms with Crippen LogP contribution in [0.25, 0.3) is 10.8 Å². The third-order valence-electron chi connectivity index (χ3n) is 7.34. The first-order valence-electron chi connectivity index (χ1n) is 12.6. The number of hydrogen-bond acceptors (Lipinski definition) is 0. The minimum absolute atomic E-state index is 0. The first-order valence-corrected chi connectivity index (χ1v) is 14.6. The van der Waals surface area contributed by atoms with Crippen LogP contribution >= 0.6 is 0 Å². The van der Waals surface area contributed by atoms with E-state index in [0.29, 0.717) is 0 Å². The van der Waals surface area contributed by atoms with Crippen molar-refractivity contribution in [1.29, 1.82) is 0 Å². The van der Waals surface area contributed by atoms with Gasteiger partial charge in [0, 0.05) is 0 Å². The summed E-state index contributed by atoms with van der Waals surface area (Å²) < 4.78 is 0. The Balaban J connectivity index is 0.00000190. The van der Waals surface area contributed by atoms with Crippen LogP contribution in [-0.2, 0) is 21.7 Å². The van der Waals surface area contributed by atoms with E-state index in [-0.39, 0.29) is 58.9 Å². The average molecular weight is 626 g/mol. The molecule has 200 valence electrons. The number of rotatable bonds is 4. The topological polar surface area (TPSA) is 0 Å². The molecule has 0 bridgehead atoms. The maximum atomic E-state index is 2.47. The van der Waals surface area contributed by atoms with Crippen LogP contribution in [0.5, 0.6) is 0 Å². The normalized spacial score (nSPS) is 10.6. The van der Waals surface area contributed by atoms with Crippen LogP contribution in [0.15, 0.2) is 84.9 Å². The molecule has 0 unspecified atom stereocenters. The molecule has 0 aliphatic rings. The summed E-state index contributed by atoms with van der Waals surface area (Å²) in [5.41, 5.74) is 9.39. The van der Waals surface area contributed by atoms with Gasteiger partial charge in [-0.15, -0.1) is 39.7 Å². The van der Waals surface area contributed by atoms with Gasteiger partial charge in [0.25, 0.3) is 0 Å². The molecular formula is C34H35Cl3SiTi. The summed E-state index contributed by atoms with van der Waals surface area (Å²) in [7, 11) is -2.65. The molecule has 0 atom stereocenters. The van der Waals surface area contributed by atoms with Gasteiger partial charge in [0.05, 0.1) is 0 Å². The Kier molecular flexibility index (Phi) is 12.5. The molecule has 5 aromatic rings. The first-order chi connectivity index (χ1) is 16.7. The molecule has 0 N–H and O–H groups in total. The molecule has 0 spiro atoms. The van der Waals surface area contributed by atoms with Crippen LogP contribution in [0.4, 0.5) is 0 Å². The Morgan fingerprint density at radius 1 is 0.462 bits per heavy atom. The third-order valence-corrected chi connectivity index (χ3v) is 12.2. The maximum Gasteiger partial charge on any atom is 4.00 e. The molecule has 0 saturated heterocycles. The van der Waals surface area contributed by atoms with Crippen molar-refractivity contribution in [3.8, 4) is 0 Å². The van der Waals surface area contributed by atoms with Crippen LogP contribution in [-0.4, -0.2) is 8.07 Å². The first kappa shape index (κ1) is 35.3. The molecular weight excluding hydrogens is 591 g/mol. The van der Waals surface area contributed by atoms with Crippen molar-refractivity contribution in [2.24, 2.45) is 0 Å². The van der Waals surface area contributed by atoms with Gasteiger partial charge in [0.2, 0.25) is 0 Å². The number of benzene rings is 4. The predicted molar refractivity (Wildman–Crippen MR) is 156 cm³/mol. The van der Waals surface area contributed by atoms with Crippen LogP contribution in [0.2, 0.25) is 0 Å². The molecule has 5 heteroatoms. The molecule has 0 saturated carbocycles. The van der Waals surface area contributed by atoms with Gasteiger partial charge in [-0.25, -0.2) is 0 Å². The van der Waals surface area contributed by atoms with Crippen molar-refractivity contribution in [3.05, 3.63) is 124 Å². The summed E-state index contributed by atoms with van der Waals surface area (Å²) in [6, 6.07) is 33.1. The monoisotopic (exact) mass is 624 g/mol. The van der Waals surface area contributed by atoms with Crippen molar-refractivity contribution in [1.82, 2.24) is 0 Å². The number of halogens is 3. The zero-order valence-corrected chi connectivity index (χ0v) is 28.5. The van der Waals surface area contributed by atoms with E-state index < -0.39 is 8.07 Å². The number of hydrogen-bond donors (Lipinski definition) is 0. The molecule has 0 radical (unpaired) electrons. The summed E-state index contributed by atoms with van der Waals surface area (Å²) >= 11 is 0. The molecule has 5 aromatic carbocycles. The van der Waals surface area contributed by atoms with E-state index in [1.807, 2.05) is 0 Å². The van der Waals surface area contributed by atoms with Crippen molar-refractivity contribution in [2.45, 2.75) is 48.5 Å². The second kappa shape index (κ2) is 13.8. The SMILES string of the molecule is Cc1cc(C)cc([Si](c2cc(C)cc(C)c2)(c2cc(C)cc(C)c2)[c-]2c(C)cc3ccccc32)c1.[Cl-].[Cl-].[Cl-].[Ti+4]. The summed E-state index contributed by atoms with van der Waals surface area (Å²) in [4.78, 5) is 0. The smallest absolute Gasteiger partial charge is 1.00 e. The van der Waals surface area contributed by atoms with Gasteiger partial charge in [-0.2, -0.15) is 6.07 Å². The average Bonchev–Trinajstić information content (AvgIpc) is 3.09. The van der Waals surface area contributed by atoms with E-state index in [2.05, 4.69) is 133 Å². The van der Waals surface area contributed by atoms with Gasteiger partial charge < -0.3 is 37.2 Å². The van der Waals surface area contributed by atoms with Gasteiger partial charge in [-0.1, -0.05) is 117 Å². The molecule has 0 heterocycles. The van der Waals surface area contributed by atoms with Crippen molar-refractivity contribution >= 4 is 39.6 Å². The quantitative estimate of drug-likeness (QED) is 0.114. The van der Waals surface area contributed by atoms with Crippen LogP contribution in [0, 0.1) is 48.5 Å². The molecule has 0 aliphatic carbocycles. The molecule has 5 rings (SSSR count). The fourth-order valence-electron chi connectivity index (χ4n) is 6.37. The number of fused-ring (bicyclic) bond motifs is 1. The summed E-state index contributed by atoms with van der Waals surface area (Å²) in [6.45, 7) is 15.8. The minimum atomic E-state index is -2.65. The van der Waals surface area contributed by atoms with E-state index in [1.54, 1.807) is 0 Å². The van der Waals surface area contributed by atoms with Crippen molar-refractivity contribution in [2.75, 3.05) is 0 Å². The molecule has 39 heavy (non-hydrogen) atoms. The molecule has 0 fully saturated rings. The fraction of sp³-hybridized carbons (Fsp3) is 0.206. The summed E-state index contributed by atoms with van der Waals surface area (Å²) in [5, 5.41) is 8.70. The Labute approximate surface area is 269 Å². The third kappa shape index (κ3) is 6.46. The van der Waals surface area contributed by atoms with E-state index >= 15 is 0 Å². The fourth-order valence-corrected chi connectivity index (χ4v) is 12.2. The Morgan fingerprint density at radius 2 is 0.795 bits per heavy atom. The van der Waals surface area contributed by atoms with Crippen LogP contribution in [0.3, 0.4) is 0 Å². The Morgan fingerprint density at radius 3 is 1.15 bits per heavy atom. The Bertz CT molecular complexity index is 1400. The molecule has 0 aromatic heterocycles. The molecule has 0 nitrogen and oxygen atoms in total. The summed E-state index contributed by atoms with van der Waals surface area (Å²) in [6.07, 6.45) is 0.